The second kappa shape index (κ2) is 8.02. The molecule has 1 aromatic carbocycles. The van der Waals surface area contributed by atoms with E-state index in [1.165, 1.54) is 23.1 Å². The molecular formula is C21H18ClN5OS2. The van der Waals surface area contributed by atoms with E-state index in [1.807, 2.05) is 35.7 Å². The number of aromatic amines is 1. The lowest BCUT2D eigenvalue weighted by Gasteiger charge is -2.07. The van der Waals surface area contributed by atoms with Gasteiger partial charge in [0.25, 0.3) is 5.56 Å². The van der Waals surface area contributed by atoms with Crippen molar-refractivity contribution >= 4 is 44.9 Å². The van der Waals surface area contributed by atoms with Gasteiger partial charge in [-0.15, -0.1) is 28.1 Å². The molecule has 0 amide bonds. The number of thioether (sulfide) groups is 1. The number of aromatic nitrogens is 5. The smallest absolute Gasteiger partial charge is 0.260 e. The predicted molar refractivity (Wildman–Crippen MR) is 122 cm³/mol. The van der Waals surface area contributed by atoms with Gasteiger partial charge in [0.15, 0.2) is 5.16 Å². The largest absolute Gasteiger partial charge is 0.309 e. The van der Waals surface area contributed by atoms with Crippen molar-refractivity contribution in [3.63, 3.8) is 0 Å². The predicted octanol–water partition coefficient (Wildman–Crippen LogP) is 5.25. The molecule has 30 heavy (non-hydrogen) atoms. The van der Waals surface area contributed by atoms with Crippen LogP contribution in [0.4, 0.5) is 0 Å². The van der Waals surface area contributed by atoms with Crippen molar-refractivity contribution in [3.05, 3.63) is 69.3 Å². The summed E-state index contributed by atoms with van der Waals surface area (Å²) in [6, 6.07) is 7.52. The molecule has 152 valence electrons. The lowest BCUT2D eigenvalue weighted by atomic mass is 10.1. The standard InChI is InChI=1S/C21H18ClN5OS2/c1-2-9-27-18(12-7-8-12)25-26-21(27)30-11-16-23-19(28)17-14(10-29-20(17)24-16)13-5-3-4-6-15(13)22/h2-6,10,12H,1,7-9,11H2,(H,23,24,28). The first-order chi connectivity index (χ1) is 14.7. The summed E-state index contributed by atoms with van der Waals surface area (Å²) in [6.45, 7) is 4.52. The maximum Gasteiger partial charge on any atom is 0.260 e. The fraction of sp³-hybridized carbons (Fsp3) is 0.238. The van der Waals surface area contributed by atoms with Crippen LogP contribution >= 0.6 is 34.7 Å². The average molecular weight is 456 g/mol. The van der Waals surface area contributed by atoms with Gasteiger partial charge < -0.3 is 9.55 Å². The molecule has 1 aliphatic carbocycles. The van der Waals surface area contributed by atoms with Crippen LogP contribution in [0.1, 0.15) is 30.4 Å². The molecule has 0 aliphatic heterocycles. The van der Waals surface area contributed by atoms with Crippen LogP contribution in [-0.4, -0.2) is 24.7 Å². The highest BCUT2D eigenvalue weighted by molar-refractivity contribution is 7.98. The van der Waals surface area contributed by atoms with E-state index in [0.717, 1.165) is 34.9 Å². The molecule has 6 nitrogen and oxygen atoms in total. The summed E-state index contributed by atoms with van der Waals surface area (Å²) < 4.78 is 2.10. The third-order valence-electron chi connectivity index (χ3n) is 4.99. The van der Waals surface area contributed by atoms with Gasteiger partial charge in [-0.3, -0.25) is 4.79 Å². The molecular weight excluding hydrogens is 438 g/mol. The molecule has 1 saturated carbocycles. The Morgan fingerprint density at radius 1 is 1.30 bits per heavy atom. The van der Waals surface area contributed by atoms with Gasteiger partial charge in [0.05, 0.1) is 11.1 Å². The van der Waals surface area contributed by atoms with Crippen molar-refractivity contribution in [2.24, 2.45) is 0 Å². The van der Waals surface area contributed by atoms with Crippen LogP contribution in [0.2, 0.25) is 5.02 Å². The minimum absolute atomic E-state index is 0.155. The number of hydrogen-bond acceptors (Lipinski definition) is 6. The third kappa shape index (κ3) is 3.59. The van der Waals surface area contributed by atoms with Crippen molar-refractivity contribution in [3.8, 4) is 11.1 Å². The number of benzene rings is 1. The Labute approximate surface area is 186 Å². The van der Waals surface area contributed by atoms with Gasteiger partial charge in [0.2, 0.25) is 0 Å². The van der Waals surface area contributed by atoms with E-state index in [1.54, 1.807) is 0 Å². The molecule has 1 N–H and O–H groups in total. The number of rotatable bonds is 7. The number of nitrogens with one attached hydrogen (secondary N) is 1. The minimum Gasteiger partial charge on any atom is -0.309 e. The fourth-order valence-electron chi connectivity index (χ4n) is 3.42. The summed E-state index contributed by atoms with van der Waals surface area (Å²) in [5, 5.41) is 12.7. The second-order valence-electron chi connectivity index (χ2n) is 7.13. The highest BCUT2D eigenvalue weighted by atomic mass is 35.5. The third-order valence-corrected chi connectivity index (χ3v) is 7.17. The molecule has 0 saturated heterocycles. The van der Waals surface area contributed by atoms with Crippen LogP contribution in [-0.2, 0) is 12.3 Å². The van der Waals surface area contributed by atoms with Crippen LogP contribution in [0.5, 0.6) is 0 Å². The number of hydrogen-bond donors (Lipinski definition) is 1. The zero-order valence-electron chi connectivity index (χ0n) is 16.0. The number of nitrogens with zero attached hydrogens (tertiary/aromatic N) is 4. The van der Waals surface area contributed by atoms with E-state index in [0.29, 0.717) is 39.3 Å². The molecule has 3 heterocycles. The molecule has 0 unspecified atom stereocenters. The maximum absolute atomic E-state index is 12.9. The molecule has 9 heteroatoms. The molecule has 4 aromatic rings. The molecule has 0 spiro atoms. The molecule has 1 fully saturated rings. The summed E-state index contributed by atoms with van der Waals surface area (Å²) in [5.74, 6) is 2.66. The van der Waals surface area contributed by atoms with Crippen LogP contribution in [0.15, 0.2) is 52.3 Å². The van der Waals surface area contributed by atoms with E-state index in [2.05, 4.69) is 31.3 Å². The highest BCUT2D eigenvalue weighted by Crippen LogP contribution is 2.40. The van der Waals surface area contributed by atoms with Crippen molar-refractivity contribution in [2.75, 3.05) is 0 Å². The number of H-pyrrole nitrogens is 1. The van der Waals surface area contributed by atoms with Gasteiger partial charge >= 0.3 is 0 Å². The summed E-state index contributed by atoms with van der Waals surface area (Å²) >= 11 is 9.30. The van der Waals surface area contributed by atoms with E-state index in [4.69, 9.17) is 11.6 Å². The van der Waals surface area contributed by atoms with Crippen molar-refractivity contribution < 1.29 is 0 Å². The molecule has 5 rings (SSSR count). The quantitative estimate of drug-likeness (QED) is 0.304. The zero-order valence-corrected chi connectivity index (χ0v) is 18.4. The number of allylic oxidation sites excluding steroid dienone is 1. The lowest BCUT2D eigenvalue weighted by molar-refractivity contribution is 0.681. The first kappa shape index (κ1) is 19.5. The first-order valence-electron chi connectivity index (χ1n) is 9.57. The monoisotopic (exact) mass is 455 g/mol. The molecule has 0 radical (unpaired) electrons. The van der Waals surface area contributed by atoms with Gasteiger partial charge in [0.1, 0.15) is 16.5 Å². The number of fused-ring (bicyclic) bond motifs is 1. The molecule has 3 aromatic heterocycles. The van der Waals surface area contributed by atoms with Crippen molar-refractivity contribution in [1.82, 2.24) is 24.7 Å². The minimum atomic E-state index is -0.155. The van der Waals surface area contributed by atoms with E-state index in [-0.39, 0.29) is 5.56 Å². The van der Waals surface area contributed by atoms with Crippen LogP contribution < -0.4 is 5.56 Å². The Balaban J connectivity index is 1.44. The van der Waals surface area contributed by atoms with E-state index in [9.17, 15) is 4.79 Å². The van der Waals surface area contributed by atoms with Gasteiger partial charge in [-0.05, 0) is 18.9 Å². The average Bonchev–Trinajstić information content (AvgIpc) is 3.37. The Bertz CT molecular complexity index is 1300. The highest BCUT2D eigenvalue weighted by Gasteiger charge is 2.30. The summed E-state index contributed by atoms with van der Waals surface area (Å²) in [6.07, 6.45) is 4.18. The fourth-order valence-corrected chi connectivity index (χ4v) is 5.44. The lowest BCUT2D eigenvalue weighted by Crippen LogP contribution is -2.11. The van der Waals surface area contributed by atoms with Crippen LogP contribution in [0, 0.1) is 0 Å². The SMILES string of the molecule is C=CCn1c(SCc2nc3scc(-c4ccccc4Cl)c3c(=O)[nH]2)nnc1C1CC1. The van der Waals surface area contributed by atoms with E-state index >= 15 is 0 Å². The Hall–Kier alpha value is -2.42. The van der Waals surface area contributed by atoms with Crippen molar-refractivity contribution in [1.29, 1.82) is 0 Å². The first-order valence-corrected chi connectivity index (χ1v) is 11.8. The maximum atomic E-state index is 12.9. The number of thiophene rings is 1. The molecule has 0 atom stereocenters. The molecule has 1 aliphatic rings. The Morgan fingerprint density at radius 2 is 2.13 bits per heavy atom. The van der Waals surface area contributed by atoms with Crippen LogP contribution in [0.25, 0.3) is 21.3 Å². The summed E-state index contributed by atoms with van der Waals surface area (Å²) in [7, 11) is 0. The number of halogens is 1. The zero-order chi connectivity index (χ0) is 20.7. The van der Waals surface area contributed by atoms with Gasteiger partial charge in [-0.1, -0.05) is 47.6 Å². The second-order valence-corrected chi connectivity index (χ2v) is 9.33. The normalized spacial score (nSPS) is 13.8. The van der Waals surface area contributed by atoms with Crippen molar-refractivity contribution in [2.45, 2.75) is 36.2 Å². The topological polar surface area (TPSA) is 76.5 Å². The summed E-state index contributed by atoms with van der Waals surface area (Å²) in [5.41, 5.74) is 1.50. The van der Waals surface area contributed by atoms with Crippen LogP contribution in [0.3, 0.4) is 0 Å². The van der Waals surface area contributed by atoms with Gasteiger partial charge in [0, 0.05) is 34.0 Å². The van der Waals surface area contributed by atoms with Gasteiger partial charge in [-0.2, -0.15) is 0 Å². The Morgan fingerprint density at radius 3 is 2.90 bits per heavy atom. The Kier molecular flexibility index (Phi) is 5.22. The van der Waals surface area contributed by atoms with Gasteiger partial charge in [-0.25, -0.2) is 4.98 Å². The molecule has 0 bridgehead atoms. The van der Waals surface area contributed by atoms with E-state index < -0.39 is 0 Å². The summed E-state index contributed by atoms with van der Waals surface area (Å²) in [4.78, 5) is 21.2.